The maximum absolute atomic E-state index is 15.0. The smallest absolute Gasteiger partial charge is 0.321 e. The molecule has 0 spiro atoms. The second-order valence-corrected chi connectivity index (χ2v) is 6.01. The lowest BCUT2D eigenvalue weighted by atomic mass is 9.95. The Morgan fingerprint density at radius 3 is 2.62 bits per heavy atom. The zero-order chi connectivity index (χ0) is 18.7. The van der Waals surface area contributed by atoms with Crippen molar-refractivity contribution in [2.75, 3.05) is 0 Å². The largest absolute Gasteiger partial charge is 0.460 e. The summed E-state index contributed by atoms with van der Waals surface area (Å²) in [4.78, 5) is 23.9. The Kier molecular flexibility index (Phi) is 6.50. The molecule has 3 N–H and O–H groups in total. The highest BCUT2D eigenvalue weighted by atomic mass is 19.1. The molecule has 1 aliphatic rings. The monoisotopic (exact) mass is 344 g/mol. The lowest BCUT2D eigenvalue weighted by molar-refractivity contribution is -0.160. The SMILES string of the molecule is C=C(C)/C=C\N(C(N)=O)[C@@H]1O[C@H]([C@H](C)OC(=O)CC)[C@@H](O)[C@]1(C)F. The lowest BCUT2D eigenvalue weighted by Gasteiger charge is -2.30. The molecule has 1 aliphatic heterocycles. The van der Waals surface area contributed by atoms with Crippen molar-refractivity contribution in [3.05, 3.63) is 24.4 Å². The van der Waals surface area contributed by atoms with Gasteiger partial charge in [-0.1, -0.05) is 19.1 Å². The van der Waals surface area contributed by atoms with E-state index in [0.29, 0.717) is 5.57 Å². The van der Waals surface area contributed by atoms with Crippen LogP contribution < -0.4 is 5.73 Å². The molecule has 1 heterocycles. The predicted molar refractivity (Wildman–Crippen MR) is 85.4 cm³/mol. The van der Waals surface area contributed by atoms with Crippen LogP contribution in [0.25, 0.3) is 0 Å². The number of esters is 1. The van der Waals surface area contributed by atoms with Crippen LogP contribution in [0.4, 0.5) is 9.18 Å². The normalized spacial score (nSPS) is 31.0. The predicted octanol–water partition coefficient (Wildman–Crippen LogP) is 1.61. The fourth-order valence-corrected chi connectivity index (χ4v) is 2.36. The molecule has 0 aromatic carbocycles. The zero-order valence-corrected chi connectivity index (χ0v) is 14.4. The van der Waals surface area contributed by atoms with Crippen molar-refractivity contribution in [2.24, 2.45) is 5.73 Å². The second kappa shape index (κ2) is 7.76. The minimum Gasteiger partial charge on any atom is -0.460 e. The van der Waals surface area contributed by atoms with Crippen LogP contribution in [0, 0.1) is 0 Å². The van der Waals surface area contributed by atoms with Crippen molar-refractivity contribution < 1.29 is 28.6 Å². The quantitative estimate of drug-likeness (QED) is 0.563. The van der Waals surface area contributed by atoms with E-state index in [0.717, 1.165) is 11.8 Å². The maximum atomic E-state index is 15.0. The van der Waals surface area contributed by atoms with Crippen LogP contribution in [0.5, 0.6) is 0 Å². The fraction of sp³-hybridized carbons (Fsp3) is 0.625. The summed E-state index contributed by atoms with van der Waals surface area (Å²) in [5.74, 6) is -0.503. The Bertz CT molecular complexity index is 535. The van der Waals surface area contributed by atoms with Crippen LogP contribution in [0.1, 0.15) is 34.1 Å². The number of aliphatic hydroxyl groups is 1. The van der Waals surface area contributed by atoms with Gasteiger partial charge in [0.25, 0.3) is 0 Å². The first-order chi connectivity index (χ1) is 11.0. The van der Waals surface area contributed by atoms with Crippen molar-refractivity contribution in [1.29, 1.82) is 0 Å². The Balaban J connectivity index is 3.05. The van der Waals surface area contributed by atoms with Gasteiger partial charge in [0.2, 0.25) is 0 Å². The molecule has 136 valence electrons. The van der Waals surface area contributed by atoms with Gasteiger partial charge in [-0.3, -0.25) is 9.69 Å². The molecule has 0 unspecified atom stereocenters. The number of hydrogen-bond acceptors (Lipinski definition) is 5. The number of rotatable bonds is 6. The number of allylic oxidation sites excluding steroid dienone is 2. The van der Waals surface area contributed by atoms with Crippen LogP contribution in [0.2, 0.25) is 0 Å². The molecular formula is C16H25FN2O5. The molecule has 0 aliphatic carbocycles. The fourth-order valence-electron chi connectivity index (χ4n) is 2.36. The highest BCUT2D eigenvalue weighted by Crippen LogP contribution is 2.38. The third-order valence-electron chi connectivity index (χ3n) is 3.75. The number of hydrogen-bond donors (Lipinski definition) is 2. The summed E-state index contributed by atoms with van der Waals surface area (Å²) in [6, 6.07) is -0.951. The van der Waals surface area contributed by atoms with E-state index < -0.39 is 42.2 Å². The summed E-state index contributed by atoms with van der Waals surface area (Å²) in [6.45, 7) is 9.52. The number of aliphatic hydroxyl groups excluding tert-OH is 1. The molecule has 0 aromatic rings. The number of urea groups is 1. The maximum Gasteiger partial charge on any atom is 0.321 e. The molecule has 1 fully saturated rings. The number of carbonyl (C=O) groups is 2. The van der Waals surface area contributed by atoms with Crippen molar-refractivity contribution in [3.63, 3.8) is 0 Å². The van der Waals surface area contributed by atoms with Gasteiger partial charge >= 0.3 is 12.0 Å². The van der Waals surface area contributed by atoms with Crippen LogP contribution in [-0.4, -0.2) is 52.2 Å². The van der Waals surface area contributed by atoms with E-state index in [-0.39, 0.29) is 6.42 Å². The van der Waals surface area contributed by atoms with Gasteiger partial charge in [0.1, 0.15) is 18.3 Å². The Morgan fingerprint density at radius 2 is 2.17 bits per heavy atom. The Hall–Kier alpha value is -1.93. The van der Waals surface area contributed by atoms with Crippen molar-refractivity contribution in [2.45, 2.75) is 64.3 Å². The van der Waals surface area contributed by atoms with Gasteiger partial charge in [0, 0.05) is 12.6 Å². The first-order valence-electron chi connectivity index (χ1n) is 7.65. The van der Waals surface area contributed by atoms with Crippen molar-refractivity contribution in [3.8, 4) is 0 Å². The summed E-state index contributed by atoms with van der Waals surface area (Å²) in [5.41, 5.74) is 3.59. The number of carbonyl (C=O) groups excluding carboxylic acids is 2. The van der Waals surface area contributed by atoms with Gasteiger partial charge in [0.05, 0.1) is 0 Å². The number of primary amides is 1. The number of amides is 2. The molecule has 1 rings (SSSR count). The number of nitrogens with two attached hydrogens (primary N) is 1. The van der Waals surface area contributed by atoms with E-state index >= 15 is 4.39 Å². The molecule has 7 nitrogen and oxygen atoms in total. The van der Waals surface area contributed by atoms with Crippen molar-refractivity contribution >= 4 is 12.0 Å². The summed E-state index contributed by atoms with van der Waals surface area (Å²) in [7, 11) is 0. The van der Waals surface area contributed by atoms with E-state index in [1.807, 2.05) is 0 Å². The average Bonchev–Trinajstić information content (AvgIpc) is 2.70. The topological polar surface area (TPSA) is 102 Å². The molecule has 0 aromatic heterocycles. The van der Waals surface area contributed by atoms with E-state index in [1.54, 1.807) is 13.8 Å². The van der Waals surface area contributed by atoms with Crippen LogP contribution in [0.15, 0.2) is 24.4 Å². The zero-order valence-electron chi connectivity index (χ0n) is 14.4. The van der Waals surface area contributed by atoms with Crippen LogP contribution >= 0.6 is 0 Å². The minimum atomic E-state index is -2.31. The summed E-state index contributed by atoms with van der Waals surface area (Å²) in [6.07, 6.45) is -2.27. The number of nitrogens with zero attached hydrogens (tertiary/aromatic N) is 1. The third-order valence-corrected chi connectivity index (χ3v) is 3.75. The van der Waals surface area contributed by atoms with E-state index in [2.05, 4.69) is 6.58 Å². The van der Waals surface area contributed by atoms with Gasteiger partial charge in [0.15, 0.2) is 11.9 Å². The molecule has 0 saturated carbocycles. The molecule has 8 heteroatoms. The van der Waals surface area contributed by atoms with Gasteiger partial charge in [-0.05, 0) is 26.8 Å². The summed E-state index contributed by atoms with van der Waals surface area (Å²) in [5, 5.41) is 10.2. The average molecular weight is 344 g/mol. The first kappa shape index (κ1) is 20.1. The lowest BCUT2D eigenvalue weighted by Crippen LogP contribution is -2.51. The Morgan fingerprint density at radius 1 is 1.58 bits per heavy atom. The van der Waals surface area contributed by atoms with Crippen LogP contribution in [-0.2, 0) is 14.3 Å². The van der Waals surface area contributed by atoms with Gasteiger partial charge in [-0.15, -0.1) is 0 Å². The molecule has 0 bridgehead atoms. The molecule has 5 atom stereocenters. The number of halogens is 1. The van der Waals surface area contributed by atoms with Crippen molar-refractivity contribution in [1.82, 2.24) is 4.90 Å². The minimum absolute atomic E-state index is 0.137. The third kappa shape index (κ3) is 4.33. The molecule has 0 radical (unpaired) electrons. The summed E-state index contributed by atoms with van der Waals surface area (Å²) >= 11 is 0. The Labute approximate surface area is 140 Å². The number of alkyl halides is 1. The molecule has 24 heavy (non-hydrogen) atoms. The molecular weight excluding hydrogens is 319 g/mol. The van der Waals surface area contributed by atoms with Gasteiger partial charge in [-0.25, -0.2) is 9.18 Å². The van der Waals surface area contributed by atoms with Crippen LogP contribution in [0.3, 0.4) is 0 Å². The number of ether oxygens (including phenoxy) is 2. The van der Waals surface area contributed by atoms with Gasteiger partial charge < -0.3 is 20.3 Å². The standard InChI is InChI=1S/C16H25FN2O5/c1-6-11(20)23-10(4)12-13(21)16(5,17)14(24-12)19(15(18)22)8-7-9(2)3/h7-8,10,12-14,21H,2,6H2,1,3-5H3,(H2,18,22)/b8-7-/t10-,12+,13+,14+,16-/m0/s1. The second-order valence-electron chi connectivity index (χ2n) is 6.01. The highest BCUT2D eigenvalue weighted by molar-refractivity contribution is 5.73. The van der Waals surface area contributed by atoms with E-state index in [1.165, 1.54) is 19.2 Å². The highest BCUT2D eigenvalue weighted by Gasteiger charge is 2.58. The van der Waals surface area contributed by atoms with E-state index in [4.69, 9.17) is 15.2 Å². The first-order valence-corrected chi connectivity index (χ1v) is 7.65. The molecule has 2 amide bonds. The van der Waals surface area contributed by atoms with E-state index in [9.17, 15) is 14.7 Å². The van der Waals surface area contributed by atoms with Gasteiger partial charge in [-0.2, -0.15) is 0 Å². The summed E-state index contributed by atoms with van der Waals surface area (Å²) < 4.78 is 25.6. The molecule has 1 saturated heterocycles.